The lowest BCUT2D eigenvalue weighted by atomic mass is 10.2. The van der Waals surface area contributed by atoms with Crippen LogP contribution in [0.2, 0.25) is 0 Å². The molecule has 14 heavy (non-hydrogen) atoms. The summed E-state index contributed by atoms with van der Waals surface area (Å²) in [6, 6.07) is 0. The molecule has 0 heterocycles. The van der Waals surface area contributed by atoms with Gasteiger partial charge >= 0.3 is 0 Å². The van der Waals surface area contributed by atoms with Crippen molar-refractivity contribution in [3.05, 3.63) is 11.0 Å². The van der Waals surface area contributed by atoms with Crippen LogP contribution in [0.25, 0.3) is 0 Å². The molecule has 0 aromatic heterocycles. The molecule has 0 aliphatic rings. The minimum absolute atomic E-state index is 1.20. The number of thioether (sulfide) groups is 1. The van der Waals surface area contributed by atoms with Gasteiger partial charge in [-0.2, -0.15) is 0 Å². The van der Waals surface area contributed by atoms with E-state index in [-0.39, 0.29) is 0 Å². The molecule has 0 N–H and O–H groups in total. The summed E-state index contributed by atoms with van der Waals surface area (Å²) in [4.78, 5) is 1.63. The topological polar surface area (TPSA) is 0 Å². The molecule has 0 rings (SSSR count). The summed E-state index contributed by atoms with van der Waals surface area (Å²) in [7, 11) is 0. The van der Waals surface area contributed by atoms with Gasteiger partial charge in [0.2, 0.25) is 0 Å². The van der Waals surface area contributed by atoms with Crippen LogP contribution < -0.4 is 0 Å². The van der Waals surface area contributed by atoms with E-state index in [9.17, 15) is 0 Å². The molecule has 0 bridgehead atoms. The quantitative estimate of drug-likeness (QED) is 0.463. The van der Waals surface area contributed by atoms with Crippen molar-refractivity contribution < 1.29 is 0 Å². The molecule has 0 aromatic rings. The highest BCUT2D eigenvalue weighted by molar-refractivity contribution is 8.03. The van der Waals surface area contributed by atoms with Gasteiger partial charge in [0.15, 0.2) is 0 Å². The Hall–Kier alpha value is 0.0900. The lowest BCUT2D eigenvalue weighted by molar-refractivity contribution is 0.724. The van der Waals surface area contributed by atoms with Crippen LogP contribution in [0.1, 0.15) is 65.7 Å². The summed E-state index contributed by atoms with van der Waals surface area (Å²) >= 11 is 2.08. The maximum absolute atomic E-state index is 2.41. The van der Waals surface area contributed by atoms with Crippen molar-refractivity contribution >= 4 is 11.8 Å². The van der Waals surface area contributed by atoms with Gasteiger partial charge in [-0.1, -0.05) is 46.1 Å². The predicted molar refractivity (Wildman–Crippen MR) is 69.9 cm³/mol. The zero-order valence-electron chi connectivity index (χ0n) is 10.1. The minimum atomic E-state index is 1.20. The van der Waals surface area contributed by atoms with E-state index < -0.39 is 0 Å². The Bertz CT molecular complexity index is 126. The van der Waals surface area contributed by atoms with Crippen molar-refractivity contribution in [3.63, 3.8) is 0 Å². The molecule has 84 valence electrons. The smallest absolute Gasteiger partial charge is 0.00235 e. The molecule has 0 saturated carbocycles. The standard InChI is InChI=1S/C13H26S/c1-4-7-9-11-13(10-6-3)14-12-8-5-2/h10H,4-9,11-12H2,1-3H3/b13-10+. The summed E-state index contributed by atoms with van der Waals surface area (Å²) in [6.07, 6.45) is 11.7. The van der Waals surface area contributed by atoms with Crippen LogP contribution >= 0.6 is 11.8 Å². The summed E-state index contributed by atoms with van der Waals surface area (Å²) < 4.78 is 0. The summed E-state index contributed by atoms with van der Waals surface area (Å²) in [5.74, 6) is 1.31. The molecule has 0 radical (unpaired) electrons. The Labute approximate surface area is 94.6 Å². The van der Waals surface area contributed by atoms with E-state index in [1.807, 2.05) is 0 Å². The second kappa shape index (κ2) is 11.2. The molecule has 0 unspecified atom stereocenters. The average Bonchev–Trinajstić information content (AvgIpc) is 2.18. The van der Waals surface area contributed by atoms with Crippen LogP contribution in [-0.4, -0.2) is 5.75 Å². The van der Waals surface area contributed by atoms with E-state index in [2.05, 4.69) is 38.6 Å². The van der Waals surface area contributed by atoms with Gasteiger partial charge in [-0.15, -0.1) is 11.8 Å². The molecule has 0 saturated heterocycles. The predicted octanol–water partition coefficient (Wildman–Crippen LogP) is 5.39. The number of rotatable bonds is 9. The number of hydrogen-bond donors (Lipinski definition) is 0. The fourth-order valence-electron chi connectivity index (χ4n) is 1.36. The lowest BCUT2D eigenvalue weighted by Crippen LogP contribution is -1.84. The summed E-state index contributed by atoms with van der Waals surface area (Å²) in [6.45, 7) is 6.77. The van der Waals surface area contributed by atoms with Crippen molar-refractivity contribution in [2.45, 2.75) is 65.7 Å². The van der Waals surface area contributed by atoms with Crippen LogP contribution in [0.15, 0.2) is 11.0 Å². The number of hydrogen-bond acceptors (Lipinski definition) is 1. The third kappa shape index (κ3) is 8.68. The van der Waals surface area contributed by atoms with E-state index in [4.69, 9.17) is 0 Å². The molecule has 1 heteroatoms. The number of allylic oxidation sites excluding steroid dienone is 2. The van der Waals surface area contributed by atoms with Gasteiger partial charge < -0.3 is 0 Å². The zero-order valence-corrected chi connectivity index (χ0v) is 11.0. The Morgan fingerprint density at radius 1 is 1.00 bits per heavy atom. The van der Waals surface area contributed by atoms with Gasteiger partial charge in [0.1, 0.15) is 0 Å². The SMILES string of the molecule is CC/C=C(\CCCCC)SCCCC. The van der Waals surface area contributed by atoms with Crippen molar-refractivity contribution in [1.29, 1.82) is 0 Å². The highest BCUT2D eigenvalue weighted by Crippen LogP contribution is 2.23. The van der Waals surface area contributed by atoms with Crippen LogP contribution in [0.4, 0.5) is 0 Å². The molecule has 0 aliphatic heterocycles. The van der Waals surface area contributed by atoms with E-state index >= 15 is 0 Å². The largest absolute Gasteiger partial charge is 0.131 e. The first-order valence-corrected chi connectivity index (χ1v) is 7.15. The van der Waals surface area contributed by atoms with E-state index in [0.29, 0.717) is 0 Å². The van der Waals surface area contributed by atoms with Crippen molar-refractivity contribution in [3.8, 4) is 0 Å². The van der Waals surface area contributed by atoms with Gasteiger partial charge in [0, 0.05) is 0 Å². The summed E-state index contributed by atoms with van der Waals surface area (Å²) in [5, 5.41) is 0. The Kier molecular flexibility index (Phi) is 11.2. The summed E-state index contributed by atoms with van der Waals surface area (Å²) in [5.41, 5.74) is 0. The highest BCUT2D eigenvalue weighted by Gasteiger charge is 1.97. The van der Waals surface area contributed by atoms with Gasteiger partial charge in [-0.05, 0) is 36.3 Å². The van der Waals surface area contributed by atoms with Crippen LogP contribution in [0.5, 0.6) is 0 Å². The molecule has 0 spiro atoms. The molecule has 0 aromatic carbocycles. The Morgan fingerprint density at radius 2 is 1.71 bits per heavy atom. The van der Waals surface area contributed by atoms with E-state index in [1.54, 1.807) is 4.91 Å². The number of unbranched alkanes of at least 4 members (excludes halogenated alkanes) is 3. The molecule has 0 amide bonds. The monoisotopic (exact) mass is 214 g/mol. The van der Waals surface area contributed by atoms with E-state index in [0.717, 1.165) is 0 Å². The first-order chi connectivity index (χ1) is 6.85. The maximum Gasteiger partial charge on any atom is -0.00235 e. The van der Waals surface area contributed by atoms with Crippen molar-refractivity contribution in [2.24, 2.45) is 0 Å². The molecule has 0 nitrogen and oxygen atoms in total. The average molecular weight is 214 g/mol. The maximum atomic E-state index is 2.41. The first kappa shape index (κ1) is 14.1. The molecular weight excluding hydrogens is 188 g/mol. The Morgan fingerprint density at radius 3 is 2.29 bits per heavy atom. The van der Waals surface area contributed by atoms with Crippen molar-refractivity contribution in [1.82, 2.24) is 0 Å². The normalized spacial score (nSPS) is 12.1. The van der Waals surface area contributed by atoms with Crippen LogP contribution in [-0.2, 0) is 0 Å². The van der Waals surface area contributed by atoms with Gasteiger partial charge in [-0.3, -0.25) is 0 Å². The third-order valence-corrected chi connectivity index (χ3v) is 3.48. The lowest BCUT2D eigenvalue weighted by Gasteiger charge is -2.06. The first-order valence-electron chi connectivity index (χ1n) is 6.16. The molecular formula is C13H26S. The molecule has 0 aliphatic carbocycles. The molecule has 0 fully saturated rings. The fourth-order valence-corrected chi connectivity index (χ4v) is 2.63. The van der Waals surface area contributed by atoms with Gasteiger partial charge in [-0.25, -0.2) is 0 Å². The van der Waals surface area contributed by atoms with E-state index in [1.165, 1.54) is 50.7 Å². The minimum Gasteiger partial charge on any atom is -0.131 e. The van der Waals surface area contributed by atoms with Crippen LogP contribution in [0.3, 0.4) is 0 Å². The highest BCUT2D eigenvalue weighted by atomic mass is 32.2. The van der Waals surface area contributed by atoms with Crippen molar-refractivity contribution in [2.75, 3.05) is 5.75 Å². The zero-order chi connectivity index (χ0) is 10.6. The van der Waals surface area contributed by atoms with Gasteiger partial charge in [0.05, 0.1) is 0 Å². The second-order valence-corrected chi connectivity index (χ2v) is 4.96. The molecule has 0 atom stereocenters. The fraction of sp³-hybridized carbons (Fsp3) is 0.846. The second-order valence-electron chi connectivity index (χ2n) is 3.74. The van der Waals surface area contributed by atoms with Crippen LogP contribution in [0, 0.1) is 0 Å². The third-order valence-electron chi connectivity index (χ3n) is 2.24. The Balaban J connectivity index is 3.61. The van der Waals surface area contributed by atoms with Gasteiger partial charge in [0.25, 0.3) is 0 Å².